The van der Waals surface area contributed by atoms with E-state index in [-0.39, 0.29) is 36.7 Å². The molecular formula is C45H59NO15. The van der Waals surface area contributed by atoms with E-state index >= 15 is 4.79 Å². The topological polar surface area (TPSA) is 231 Å². The van der Waals surface area contributed by atoms with Gasteiger partial charge in [0.05, 0.1) is 35.6 Å². The quantitative estimate of drug-likeness (QED) is 0.140. The molecule has 1 aromatic rings. The molecule has 0 aromatic heterocycles. The summed E-state index contributed by atoms with van der Waals surface area (Å²) in [4.78, 5) is 82.8. The van der Waals surface area contributed by atoms with Gasteiger partial charge in [0.2, 0.25) is 5.78 Å². The highest BCUT2D eigenvalue weighted by molar-refractivity contribution is 6.02. The van der Waals surface area contributed by atoms with Gasteiger partial charge in [-0.05, 0) is 50.3 Å². The number of amides is 1. The lowest BCUT2D eigenvalue weighted by Crippen LogP contribution is -2.81. The maximum Gasteiger partial charge on any atom is 0.407 e. The third kappa shape index (κ3) is 8.12. The lowest BCUT2D eigenvalue weighted by molar-refractivity contribution is -0.345. The van der Waals surface area contributed by atoms with E-state index in [4.69, 9.17) is 28.4 Å². The van der Waals surface area contributed by atoms with Crippen LogP contribution in [0.15, 0.2) is 53.8 Å². The highest BCUT2D eigenvalue weighted by Gasteiger charge is 2.78. The maximum absolute atomic E-state index is 15.4. The van der Waals surface area contributed by atoms with Crippen molar-refractivity contribution < 1.29 is 72.5 Å². The molecule has 4 aliphatic carbocycles. The van der Waals surface area contributed by atoms with Crippen molar-refractivity contribution in [1.82, 2.24) is 5.32 Å². The number of hydrogen-bond donors (Lipinski definition) is 4. The standard InChI is InChI=1S/C45H59NO15/c1-8-9-20-56-41(54)46-33(27-16-12-10-13-17-27)34(50)40(53)59-29-22-45(55)38(60-39(52)28-18-14-11-15-19-28)36-43(7,30(49)21-31-44(36,23-57-31)61-26(4)48)37(51)35(58-25(3)47)32(24(29)2)42(45,5)6/h8-9,11,14-15,18-19,24,27,29-31,33-34,36,38,49-50,55H,10,12-13,16-17,20-23H2,1-7H3,(H,46,54)/t24?,29-,30-,31+,33-,34+,36-,38-,43+,44-,45+/m0/s1. The van der Waals surface area contributed by atoms with Crippen LogP contribution in [0, 0.1) is 28.6 Å². The van der Waals surface area contributed by atoms with Crippen molar-refractivity contribution in [2.45, 2.75) is 141 Å². The lowest BCUT2D eigenvalue weighted by atomic mass is 9.45. The van der Waals surface area contributed by atoms with E-state index in [0.717, 1.165) is 33.1 Å². The highest BCUT2D eigenvalue weighted by Crippen LogP contribution is 2.65. The second kappa shape index (κ2) is 17.6. The zero-order valence-corrected chi connectivity index (χ0v) is 35.8. The number of ether oxygens (including phenoxy) is 6. The van der Waals surface area contributed by atoms with Gasteiger partial charge in [-0.1, -0.05) is 70.4 Å². The van der Waals surface area contributed by atoms with E-state index < -0.39 is 118 Å². The number of benzene rings is 1. The molecule has 16 nitrogen and oxygen atoms in total. The van der Waals surface area contributed by atoms with Crippen molar-refractivity contribution in [3.05, 3.63) is 59.4 Å². The molecule has 1 amide bonds. The Morgan fingerprint density at radius 1 is 1.00 bits per heavy atom. The highest BCUT2D eigenvalue weighted by atomic mass is 16.6. The molecule has 4 N–H and O–H groups in total. The van der Waals surface area contributed by atoms with Crippen molar-refractivity contribution in [2.75, 3.05) is 13.2 Å². The van der Waals surface area contributed by atoms with Gasteiger partial charge >= 0.3 is 30.0 Å². The number of carbonyl (C=O) groups excluding carboxylic acids is 6. The van der Waals surface area contributed by atoms with Gasteiger partial charge in [-0.25, -0.2) is 14.4 Å². The number of fused-ring (bicyclic) bond motifs is 5. The summed E-state index contributed by atoms with van der Waals surface area (Å²) in [6, 6.07) is 6.76. The first-order valence-corrected chi connectivity index (χ1v) is 21.1. The normalized spacial score (nSPS) is 34.2. The first kappa shape index (κ1) is 45.9. The fourth-order valence-corrected chi connectivity index (χ4v) is 10.7. The molecule has 1 heterocycles. The lowest BCUT2D eigenvalue weighted by Gasteiger charge is -2.67. The Kier molecular flexibility index (Phi) is 13.3. The van der Waals surface area contributed by atoms with Crippen molar-refractivity contribution in [2.24, 2.45) is 28.6 Å². The Hall–Kier alpha value is -4.64. The van der Waals surface area contributed by atoms with Gasteiger partial charge in [0, 0.05) is 38.0 Å². The minimum absolute atomic E-state index is 0.0180. The summed E-state index contributed by atoms with van der Waals surface area (Å²) >= 11 is 0. The summed E-state index contributed by atoms with van der Waals surface area (Å²) in [6.45, 7) is 9.81. The molecule has 334 valence electrons. The minimum atomic E-state index is -2.37. The molecular weight excluding hydrogens is 794 g/mol. The Morgan fingerprint density at radius 2 is 1.67 bits per heavy atom. The van der Waals surface area contributed by atoms with Crippen molar-refractivity contribution in [3.63, 3.8) is 0 Å². The number of nitrogens with one attached hydrogen (secondary N) is 1. The summed E-state index contributed by atoms with van der Waals surface area (Å²) in [7, 11) is 0. The summed E-state index contributed by atoms with van der Waals surface area (Å²) in [5, 5.41) is 40.1. The van der Waals surface area contributed by atoms with E-state index in [1.807, 2.05) is 0 Å². The average Bonchev–Trinajstić information content (AvgIpc) is 3.21. The van der Waals surface area contributed by atoms with Crippen LogP contribution in [0.2, 0.25) is 0 Å². The second-order valence-corrected chi connectivity index (χ2v) is 17.9. The second-order valence-electron chi connectivity index (χ2n) is 17.9. The number of Topliss-reactive ketones (excluding diaryl/α,β-unsaturated/α-hetero) is 1. The van der Waals surface area contributed by atoms with Gasteiger partial charge in [0.25, 0.3) is 0 Å². The zero-order valence-electron chi connectivity index (χ0n) is 35.8. The van der Waals surface area contributed by atoms with Crippen LogP contribution in [0.4, 0.5) is 4.79 Å². The molecule has 0 spiro atoms. The Labute approximate surface area is 355 Å². The van der Waals surface area contributed by atoms with Gasteiger partial charge < -0.3 is 49.1 Å². The largest absolute Gasteiger partial charge is 0.460 e. The number of esters is 4. The SMILES string of the molecule is CC=CCOC(=O)N[C@@H](C1CCCCC1)[C@@H](O)C(=O)O[C@H]1C[C@@]2(O)[C@@H](OC(=O)c3ccccc3)[C@@H]3[C@]4(OC(C)=O)CO[C@@H]4C[C@H](O)[C@@]3(C)C(=O)C(OC(C)=O)=C(C1C)C2(C)C. The first-order chi connectivity index (χ1) is 28.7. The van der Waals surface area contributed by atoms with Crippen LogP contribution in [0.1, 0.15) is 104 Å². The van der Waals surface area contributed by atoms with Crippen LogP contribution in [0.25, 0.3) is 0 Å². The third-order valence-corrected chi connectivity index (χ3v) is 14.0. The summed E-state index contributed by atoms with van der Waals surface area (Å²) < 4.78 is 35.5. The van der Waals surface area contributed by atoms with Gasteiger partial charge in [-0.15, -0.1) is 0 Å². The smallest absolute Gasteiger partial charge is 0.407 e. The molecule has 16 heteroatoms. The molecule has 61 heavy (non-hydrogen) atoms. The van der Waals surface area contributed by atoms with Crippen LogP contribution < -0.4 is 5.32 Å². The van der Waals surface area contributed by atoms with Crippen molar-refractivity contribution in [3.8, 4) is 0 Å². The van der Waals surface area contributed by atoms with Crippen LogP contribution in [0.5, 0.6) is 0 Å². The van der Waals surface area contributed by atoms with E-state index in [1.54, 1.807) is 58.0 Å². The van der Waals surface area contributed by atoms with Crippen LogP contribution in [-0.4, -0.2) is 112 Å². The van der Waals surface area contributed by atoms with E-state index in [1.165, 1.54) is 19.1 Å². The number of aliphatic hydroxyl groups is 3. The number of hydrogen-bond acceptors (Lipinski definition) is 15. The molecule has 1 saturated heterocycles. The molecule has 11 atom stereocenters. The number of carbonyl (C=O) groups is 6. The summed E-state index contributed by atoms with van der Waals surface area (Å²) in [5.41, 5.74) is -7.74. The monoisotopic (exact) mass is 853 g/mol. The number of aliphatic hydroxyl groups excluding tert-OH is 2. The molecule has 1 aliphatic heterocycles. The van der Waals surface area contributed by atoms with E-state index in [9.17, 15) is 39.3 Å². The van der Waals surface area contributed by atoms with Crippen LogP contribution in [0.3, 0.4) is 0 Å². The Balaban J connectivity index is 1.51. The molecule has 2 bridgehead atoms. The van der Waals surface area contributed by atoms with E-state index in [2.05, 4.69) is 5.32 Å². The van der Waals surface area contributed by atoms with Gasteiger partial charge in [0.15, 0.2) is 17.5 Å². The number of rotatable bonds is 11. The first-order valence-electron chi connectivity index (χ1n) is 21.1. The fourth-order valence-electron chi connectivity index (χ4n) is 10.7. The fraction of sp³-hybridized carbons (Fsp3) is 0.644. The maximum atomic E-state index is 15.4. The Bertz CT molecular complexity index is 1940. The van der Waals surface area contributed by atoms with E-state index in [0.29, 0.717) is 12.8 Å². The molecule has 6 rings (SSSR count). The molecule has 4 fully saturated rings. The number of allylic oxidation sites excluding steroid dienone is 2. The predicted octanol–water partition coefficient (Wildman–Crippen LogP) is 4.02. The molecule has 5 aliphatic rings. The van der Waals surface area contributed by atoms with Crippen LogP contribution >= 0.6 is 0 Å². The van der Waals surface area contributed by atoms with Gasteiger partial charge in [-0.2, -0.15) is 0 Å². The minimum Gasteiger partial charge on any atom is -0.460 e. The number of alkyl carbamates (subject to hydrolysis) is 1. The number of ketones is 1. The summed E-state index contributed by atoms with van der Waals surface area (Å²) in [6.07, 6.45) is -2.15. The average molecular weight is 854 g/mol. The molecule has 0 radical (unpaired) electrons. The molecule has 1 unspecified atom stereocenters. The molecule has 1 aromatic carbocycles. The van der Waals surface area contributed by atoms with Gasteiger partial charge in [-0.3, -0.25) is 14.4 Å². The Morgan fingerprint density at radius 3 is 2.26 bits per heavy atom. The van der Waals surface area contributed by atoms with Gasteiger partial charge in [0.1, 0.15) is 30.5 Å². The predicted molar refractivity (Wildman–Crippen MR) is 214 cm³/mol. The third-order valence-electron chi connectivity index (χ3n) is 14.0. The van der Waals surface area contributed by atoms with Crippen molar-refractivity contribution in [1.29, 1.82) is 0 Å². The van der Waals surface area contributed by atoms with Crippen molar-refractivity contribution >= 4 is 35.8 Å². The molecule has 3 saturated carbocycles. The summed E-state index contributed by atoms with van der Waals surface area (Å²) in [5.74, 6) is -8.05. The zero-order chi connectivity index (χ0) is 44.7. The van der Waals surface area contributed by atoms with Crippen LogP contribution in [-0.2, 0) is 47.6 Å².